The predicted molar refractivity (Wildman–Crippen MR) is 112 cm³/mol. The summed E-state index contributed by atoms with van der Waals surface area (Å²) < 4.78 is 6.27. The summed E-state index contributed by atoms with van der Waals surface area (Å²) in [4.78, 5) is 23.5. The van der Waals surface area contributed by atoms with E-state index in [1.807, 2.05) is 18.2 Å². The third-order valence-corrected chi connectivity index (χ3v) is 5.40. The molecule has 0 atom stereocenters. The maximum absolute atomic E-state index is 12.9. The molecule has 7 nitrogen and oxygen atoms in total. The molecular formula is C22H19N5O2. The monoisotopic (exact) mass is 385 g/mol. The average Bonchev–Trinajstić information content (AvgIpc) is 3.15. The van der Waals surface area contributed by atoms with Crippen molar-refractivity contribution in [2.24, 2.45) is 0 Å². The number of ether oxygens (including phenoxy) is 1. The lowest BCUT2D eigenvalue weighted by atomic mass is 9.96. The molecule has 0 radical (unpaired) electrons. The molecule has 5 rings (SSSR count). The zero-order chi connectivity index (χ0) is 20.0. The van der Waals surface area contributed by atoms with Crippen LogP contribution in [-0.2, 0) is 6.42 Å². The van der Waals surface area contributed by atoms with Crippen LogP contribution in [0.3, 0.4) is 0 Å². The smallest absolute Gasteiger partial charge is 0.282 e. The summed E-state index contributed by atoms with van der Waals surface area (Å²) in [5.74, 6) is 0.735. The highest BCUT2D eigenvalue weighted by atomic mass is 16.5. The number of benzene rings is 2. The van der Waals surface area contributed by atoms with E-state index in [-0.39, 0.29) is 11.5 Å². The molecule has 3 heterocycles. The topological polar surface area (TPSA) is 73.1 Å². The highest BCUT2D eigenvalue weighted by molar-refractivity contribution is 5.88. The van der Waals surface area contributed by atoms with E-state index in [4.69, 9.17) is 4.74 Å². The molecule has 0 saturated carbocycles. The van der Waals surface area contributed by atoms with Crippen molar-refractivity contribution in [1.82, 2.24) is 19.7 Å². The molecule has 0 amide bonds. The molecule has 0 saturated heterocycles. The number of anilines is 1. The van der Waals surface area contributed by atoms with Crippen LogP contribution < -0.4 is 15.2 Å². The van der Waals surface area contributed by atoms with Crippen molar-refractivity contribution >= 4 is 16.5 Å². The van der Waals surface area contributed by atoms with Crippen molar-refractivity contribution in [2.75, 3.05) is 25.6 Å². The van der Waals surface area contributed by atoms with Gasteiger partial charge < -0.3 is 9.64 Å². The lowest BCUT2D eigenvalue weighted by Crippen LogP contribution is -2.22. The van der Waals surface area contributed by atoms with Gasteiger partial charge in [0.05, 0.1) is 31.1 Å². The Morgan fingerprint density at radius 3 is 2.69 bits per heavy atom. The molecule has 7 heteroatoms. The maximum Gasteiger partial charge on any atom is 0.282 e. The molecule has 0 unspecified atom stereocenters. The summed E-state index contributed by atoms with van der Waals surface area (Å²) in [5.41, 5.74) is 4.66. The Bertz CT molecular complexity index is 1280. The van der Waals surface area contributed by atoms with Gasteiger partial charge in [0.25, 0.3) is 11.5 Å². The van der Waals surface area contributed by atoms with Crippen LogP contribution in [0.5, 0.6) is 5.75 Å². The van der Waals surface area contributed by atoms with E-state index in [2.05, 4.69) is 45.2 Å². The van der Waals surface area contributed by atoms with Crippen LogP contribution in [0, 0.1) is 0 Å². The minimum atomic E-state index is -0.253. The van der Waals surface area contributed by atoms with Crippen LogP contribution in [-0.4, -0.2) is 40.5 Å². The molecule has 0 aliphatic carbocycles. The summed E-state index contributed by atoms with van der Waals surface area (Å²) >= 11 is 0. The molecule has 1 aliphatic heterocycles. The first kappa shape index (κ1) is 17.4. The molecule has 0 bridgehead atoms. The van der Waals surface area contributed by atoms with Crippen LogP contribution in [0.1, 0.15) is 5.56 Å². The predicted octanol–water partition coefficient (Wildman–Crippen LogP) is 2.84. The Labute approximate surface area is 167 Å². The molecule has 2 aromatic carbocycles. The Morgan fingerprint density at radius 1 is 1.07 bits per heavy atom. The first-order valence-electron chi connectivity index (χ1n) is 9.37. The number of rotatable bonds is 3. The first-order chi connectivity index (χ1) is 14.2. The van der Waals surface area contributed by atoms with Crippen molar-refractivity contribution in [1.29, 1.82) is 0 Å². The van der Waals surface area contributed by atoms with Crippen LogP contribution in [0.2, 0.25) is 0 Å². The molecule has 29 heavy (non-hydrogen) atoms. The zero-order valence-corrected chi connectivity index (χ0v) is 16.2. The largest absolute Gasteiger partial charge is 0.494 e. The number of fused-ring (bicyclic) bond motifs is 2. The van der Waals surface area contributed by atoms with Gasteiger partial charge in [-0.3, -0.25) is 4.79 Å². The third kappa shape index (κ3) is 2.82. The molecule has 0 fully saturated rings. The number of hydrogen-bond donors (Lipinski definition) is 0. The van der Waals surface area contributed by atoms with Crippen molar-refractivity contribution in [3.05, 3.63) is 70.9 Å². The molecule has 1 aliphatic rings. The SMILES string of the molecule is COc1cnc(-n2ncc3cc(-c4cccc5c4CCN5C)ccc3c2=O)nc1. The van der Waals surface area contributed by atoms with Gasteiger partial charge in [-0.25, -0.2) is 9.97 Å². The van der Waals surface area contributed by atoms with Crippen molar-refractivity contribution in [3.8, 4) is 22.8 Å². The number of methoxy groups -OCH3 is 1. The second-order valence-electron chi connectivity index (χ2n) is 7.06. The summed E-state index contributed by atoms with van der Waals surface area (Å²) in [6.45, 7) is 1.02. The maximum atomic E-state index is 12.9. The number of likely N-dealkylation sites (N-methyl/N-ethyl adjacent to an activating group) is 1. The van der Waals surface area contributed by atoms with E-state index in [1.165, 1.54) is 41.0 Å². The standard InChI is InChI=1S/C22H19N5O2/c1-26-9-8-19-17(4-3-5-20(19)26)14-6-7-18-15(10-14)11-25-27(21(18)28)22-23-12-16(29-2)13-24-22/h3-7,10-13H,8-9H2,1-2H3. The fourth-order valence-electron chi connectivity index (χ4n) is 3.85. The van der Waals surface area contributed by atoms with Gasteiger partial charge in [-0.15, -0.1) is 0 Å². The Hall–Kier alpha value is -3.74. The summed E-state index contributed by atoms with van der Waals surface area (Å²) in [5, 5.41) is 5.65. The quantitative estimate of drug-likeness (QED) is 0.540. The minimum Gasteiger partial charge on any atom is -0.494 e. The number of hydrogen-bond acceptors (Lipinski definition) is 6. The van der Waals surface area contributed by atoms with Gasteiger partial charge in [0.15, 0.2) is 5.75 Å². The highest BCUT2D eigenvalue weighted by Crippen LogP contribution is 2.36. The second-order valence-corrected chi connectivity index (χ2v) is 7.06. The Kier molecular flexibility index (Phi) is 4.01. The summed E-state index contributed by atoms with van der Waals surface area (Å²) in [6.07, 6.45) is 5.73. The molecule has 144 valence electrons. The van der Waals surface area contributed by atoms with Crippen LogP contribution in [0.25, 0.3) is 27.8 Å². The molecule has 4 aromatic rings. The Morgan fingerprint density at radius 2 is 1.90 bits per heavy atom. The number of aromatic nitrogens is 4. The van der Waals surface area contributed by atoms with E-state index in [1.54, 1.807) is 6.20 Å². The van der Waals surface area contributed by atoms with Gasteiger partial charge >= 0.3 is 0 Å². The van der Waals surface area contributed by atoms with Gasteiger partial charge in [0, 0.05) is 24.7 Å². The van der Waals surface area contributed by atoms with Gasteiger partial charge in [-0.1, -0.05) is 18.2 Å². The minimum absolute atomic E-state index is 0.214. The lowest BCUT2D eigenvalue weighted by molar-refractivity contribution is 0.410. The normalized spacial score (nSPS) is 13.0. The lowest BCUT2D eigenvalue weighted by Gasteiger charge is -2.13. The van der Waals surface area contributed by atoms with Crippen LogP contribution >= 0.6 is 0 Å². The van der Waals surface area contributed by atoms with Gasteiger partial charge in [0.2, 0.25) is 0 Å². The van der Waals surface area contributed by atoms with Crippen LogP contribution in [0.15, 0.2) is 59.8 Å². The molecular weight excluding hydrogens is 366 g/mol. The fourth-order valence-corrected chi connectivity index (χ4v) is 3.85. The van der Waals surface area contributed by atoms with Gasteiger partial charge in [0.1, 0.15) is 0 Å². The zero-order valence-electron chi connectivity index (χ0n) is 16.2. The van der Waals surface area contributed by atoms with E-state index >= 15 is 0 Å². The third-order valence-electron chi connectivity index (χ3n) is 5.40. The average molecular weight is 385 g/mol. The van der Waals surface area contributed by atoms with E-state index in [9.17, 15) is 4.79 Å². The molecule has 0 spiro atoms. The molecule has 2 aromatic heterocycles. The van der Waals surface area contributed by atoms with E-state index < -0.39 is 0 Å². The summed E-state index contributed by atoms with van der Waals surface area (Å²) in [6, 6.07) is 12.2. The van der Waals surface area contributed by atoms with E-state index in [0.29, 0.717) is 11.1 Å². The van der Waals surface area contributed by atoms with E-state index in [0.717, 1.165) is 23.9 Å². The fraction of sp³-hybridized carbons (Fsp3) is 0.182. The van der Waals surface area contributed by atoms with Crippen LogP contribution in [0.4, 0.5) is 5.69 Å². The van der Waals surface area contributed by atoms with Crippen molar-refractivity contribution in [3.63, 3.8) is 0 Å². The van der Waals surface area contributed by atoms with Crippen molar-refractivity contribution in [2.45, 2.75) is 6.42 Å². The number of nitrogens with zero attached hydrogens (tertiary/aromatic N) is 5. The Balaban J connectivity index is 1.60. The van der Waals surface area contributed by atoms with Gasteiger partial charge in [-0.2, -0.15) is 9.78 Å². The highest BCUT2D eigenvalue weighted by Gasteiger charge is 2.19. The summed E-state index contributed by atoms with van der Waals surface area (Å²) in [7, 11) is 3.65. The first-order valence-corrected chi connectivity index (χ1v) is 9.37. The second kappa shape index (κ2) is 6.70. The van der Waals surface area contributed by atoms with Crippen molar-refractivity contribution < 1.29 is 4.74 Å². The van der Waals surface area contributed by atoms with Gasteiger partial charge in [-0.05, 0) is 41.3 Å². The molecule has 0 N–H and O–H groups in total.